The third-order valence-corrected chi connectivity index (χ3v) is 5.29. The minimum atomic E-state index is -4.89. The number of ether oxygens (including phenoxy) is 2. The van der Waals surface area contributed by atoms with E-state index in [4.69, 9.17) is 9.84 Å². The molecule has 1 aliphatic rings. The number of rotatable bonds is 8. The van der Waals surface area contributed by atoms with Crippen LogP contribution in [0.1, 0.15) is 42.5 Å². The average molecular weight is 468 g/mol. The molecule has 33 heavy (non-hydrogen) atoms. The van der Waals surface area contributed by atoms with Crippen molar-refractivity contribution in [3.63, 3.8) is 0 Å². The topological polar surface area (TPSA) is 118 Å². The van der Waals surface area contributed by atoms with Gasteiger partial charge in [-0.25, -0.2) is 9.78 Å². The molecule has 2 aromatic rings. The van der Waals surface area contributed by atoms with Crippen LogP contribution in [0, 0.1) is 0 Å². The number of hydrogen-bond acceptors (Lipinski definition) is 6. The van der Waals surface area contributed by atoms with Crippen LogP contribution in [0.5, 0.6) is 11.6 Å². The fourth-order valence-electron chi connectivity index (χ4n) is 3.74. The Hall–Kier alpha value is -3.34. The SMILES string of the molecule is O=C(NC1(C(=O)O)CCCCC1)c1cnc(OCCO)c(-c2cccc(OC(F)(F)F)c2)c1. The number of carbonyl (C=O) groups excluding carboxylic acids is 1. The van der Waals surface area contributed by atoms with Gasteiger partial charge in [0.15, 0.2) is 0 Å². The second kappa shape index (κ2) is 10.1. The summed E-state index contributed by atoms with van der Waals surface area (Å²) in [7, 11) is 0. The largest absolute Gasteiger partial charge is 0.573 e. The van der Waals surface area contributed by atoms with E-state index in [-0.39, 0.29) is 35.8 Å². The first-order chi connectivity index (χ1) is 15.6. The Labute approximate surface area is 187 Å². The van der Waals surface area contributed by atoms with Gasteiger partial charge in [0.2, 0.25) is 5.88 Å². The van der Waals surface area contributed by atoms with E-state index in [0.717, 1.165) is 18.6 Å². The van der Waals surface area contributed by atoms with E-state index in [1.165, 1.54) is 24.4 Å². The Morgan fingerprint density at radius 2 is 1.88 bits per heavy atom. The zero-order valence-corrected chi connectivity index (χ0v) is 17.5. The predicted molar refractivity (Wildman–Crippen MR) is 110 cm³/mol. The Balaban J connectivity index is 1.96. The molecule has 3 rings (SSSR count). The summed E-state index contributed by atoms with van der Waals surface area (Å²) in [6.07, 6.45) is -0.915. The molecule has 8 nitrogen and oxygen atoms in total. The van der Waals surface area contributed by atoms with Crippen LogP contribution in [0.25, 0.3) is 11.1 Å². The number of hydrogen-bond donors (Lipinski definition) is 3. The van der Waals surface area contributed by atoms with Crippen LogP contribution >= 0.6 is 0 Å². The molecule has 1 aromatic carbocycles. The summed E-state index contributed by atoms with van der Waals surface area (Å²) in [5, 5.41) is 21.3. The van der Waals surface area contributed by atoms with Crippen LogP contribution < -0.4 is 14.8 Å². The summed E-state index contributed by atoms with van der Waals surface area (Å²) in [6, 6.07) is 6.39. The summed E-state index contributed by atoms with van der Waals surface area (Å²) in [6.45, 7) is -0.464. The minimum Gasteiger partial charge on any atom is -0.480 e. The predicted octanol–water partition coefficient (Wildman–Crippen LogP) is 3.54. The number of halogens is 3. The van der Waals surface area contributed by atoms with Gasteiger partial charge in [0.05, 0.1) is 12.2 Å². The third-order valence-electron chi connectivity index (χ3n) is 5.29. The normalized spacial score (nSPS) is 15.5. The second-order valence-corrected chi connectivity index (χ2v) is 7.63. The van der Waals surface area contributed by atoms with Gasteiger partial charge < -0.3 is 25.0 Å². The molecular weight excluding hydrogens is 445 g/mol. The number of amides is 1. The van der Waals surface area contributed by atoms with Gasteiger partial charge in [0.1, 0.15) is 17.9 Å². The number of aliphatic hydroxyl groups excluding tert-OH is 1. The van der Waals surface area contributed by atoms with E-state index in [1.807, 2.05) is 0 Å². The Kier molecular flexibility index (Phi) is 7.42. The van der Waals surface area contributed by atoms with Gasteiger partial charge in [0, 0.05) is 11.8 Å². The summed E-state index contributed by atoms with van der Waals surface area (Å²) < 4.78 is 47.2. The van der Waals surface area contributed by atoms with E-state index in [1.54, 1.807) is 0 Å². The monoisotopic (exact) mass is 468 g/mol. The van der Waals surface area contributed by atoms with Crippen molar-refractivity contribution in [2.75, 3.05) is 13.2 Å². The van der Waals surface area contributed by atoms with E-state index >= 15 is 0 Å². The molecule has 0 radical (unpaired) electrons. The number of alkyl halides is 3. The van der Waals surface area contributed by atoms with Crippen LogP contribution in [0.2, 0.25) is 0 Å². The first kappa shape index (κ1) is 24.3. The lowest BCUT2D eigenvalue weighted by molar-refractivity contribution is -0.274. The summed E-state index contributed by atoms with van der Waals surface area (Å²) in [5.41, 5.74) is -0.981. The molecule has 0 bridgehead atoms. The average Bonchev–Trinajstić information content (AvgIpc) is 2.77. The van der Waals surface area contributed by atoms with Crippen molar-refractivity contribution in [1.82, 2.24) is 10.3 Å². The number of aliphatic hydroxyl groups is 1. The highest BCUT2D eigenvalue weighted by molar-refractivity contribution is 5.99. The third kappa shape index (κ3) is 6.13. The zero-order valence-electron chi connectivity index (χ0n) is 17.5. The zero-order chi connectivity index (χ0) is 24.1. The first-order valence-corrected chi connectivity index (χ1v) is 10.3. The van der Waals surface area contributed by atoms with Crippen molar-refractivity contribution >= 4 is 11.9 Å². The molecule has 1 saturated carbocycles. The van der Waals surface area contributed by atoms with Crippen LogP contribution in [0.4, 0.5) is 13.2 Å². The van der Waals surface area contributed by atoms with Gasteiger partial charge in [-0.1, -0.05) is 31.4 Å². The number of aromatic nitrogens is 1. The number of benzene rings is 1. The number of carbonyl (C=O) groups is 2. The minimum absolute atomic E-state index is 0.00897. The highest BCUT2D eigenvalue weighted by atomic mass is 19.4. The molecule has 0 saturated heterocycles. The van der Waals surface area contributed by atoms with Gasteiger partial charge in [0.25, 0.3) is 5.91 Å². The van der Waals surface area contributed by atoms with Gasteiger partial charge in [-0.15, -0.1) is 13.2 Å². The molecular formula is C22H23F3N2O6. The number of carboxylic acid groups (broad SMARTS) is 1. The molecule has 0 aliphatic heterocycles. The molecule has 1 fully saturated rings. The molecule has 178 valence electrons. The Morgan fingerprint density at radius 1 is 1.15 bits per heavy atom. The van der Waals surface area contributed by atoms with Gasteiger partial charge >= 0.3 is 12.3 Å². The number of nitrogens with zero attached hydrogens (tertiary/aromatic N) is 1. The van der Waals surface area contributed by atoms with Crippen molar-refractivity contribution in [3.8, 4) is 22.8 Å². The van der Waals surface area contributed by atoms with Gasteiger partial charge in [-0.05, 0) is 36.6 Å². The molecule has 3 N–H and O–H groups in total. The molecule has 1 amide bonds. The maximum Gasteiger partial charge on any atom is 0.573 e. The lowest BCUT2D eigenvalue weighted by Gasteiger charge is -2.34. The standard InChI is InChI=1S/C22H23F3N2O6/c23-22(24,25)33-16-6-4-5-14(11-16)17-12-15(13-26-19(17)32-10-9-28)18(29)27-21(20(30)31)7-2-1-3-8-21/h4-6,11-13,28H,1-3,7-10H2,(H,27,29)(H,30,31). The van der Waals surface area contributed by atoms with Crippen molar-refractivity contribution in [1.29, 1.82) is 0 Å². The van der Waals surface area contributed by atoms with Crippen LogP contribution in [-0.4, -0.2) is 52.2 Å². The summed E-state index contributed by atoms with van der Waals surface area (Å²) in [5.74, 6) is -2.29. The summed E-state index contributed by atoms with van der Waals surface area (Å²) in [4.78, 5) is 28.9. The van der Waals surface area contributed by atoms with E-state index in [2.05, 4.69) is 15.0 Å². The van der Waals surface area contributed by atoms with Crippen LogP contribution in [0.15, 0.2) is 36.5 Å². The molecule has 1 aliphatic carbocycles. The quantitative estimate of drug-likeness (QED) is 0.542. The maximum absolute atomic E-state index is 12.9. The van der Waals surface area contributed by atoms with Crippen LogP contribution in [-0.2, 0) is 4.79 Å². The number of pyridine rings is 1. The van der Waals surface area contributed by atoms with Crippen LogP contribution in [0.3, 0.4) is 0 Å². The molecule has 0 unspecified atom stereocenters. The highest BCUT2D eigenvalue weighted by Gasteiger charge is 2.41. The van der Waals surface area contributed by atoms with E-state index < -0.39 is 29.5 Å². The molecule has 1 heterocycles. The summed E-state index contributed by atoms with van der Waals surface area (Å²) >= 11 is 0. The molecule has 1 aromatic heterocycles. The molecule has 0 spiro atoms. The second-order valence-electron chi connectivity index (χ2n) is 7.63. The lowest BCUT2D eigenvalue weighted by atomic mass is 9.81. The number of aliphatic carboxylic acids is 1. The Bertz CT molecular complexity index is 1010. The smallest absolute Gasteiger partial charge is 0.480 e. The Morgan fingerprint density at radius 3 is 2.52 bits per heavy atom. The van der Waals surface area contributed by atoms with E-state index in [0.29, 0.717) is 25.7 Å². The fourth-order valence-corrected chi connectivity index (χ4v) is 3.74. The van der Waals surface area contributed by atoms with Crippen molar-refractivity contribution in [3.05, 3.63) is 42.1 Å². The van der Waals surface area contributed by atoms with E-state index in [9.17, 15) is 27.9 Å². The lowest BCUT2D eigenvalue weighted by Crippen LogP contribution is -2.55. The molecule has 0 atom stereocenters. The van der Waals surface area contributed by atoms with Gasteiger partial charge in [-0.3, -0.25) is 4.79 Å². The van der Waals surface area contributed by atoms with Crippen molar-refractivity contribution < 1.29 is 42.4 Å². The fraction of sp³-hybridized carbons (Fsp3) is 0.409. The first-order valence-electron chi connectivity index (χ1n) is 10.3. The van der Waals surface area contributed by atoms with Crippen molar-refractivity contribution in [2.45, 2.75) is 44.0 Å². The highest BCUT2D eigenvalue weighted by Crippen LogP contribution is 2.34. The molecule has 11 heteroatoms. The van der Waals surface area contributed by atoms with Gasteiger partial charge in [-0.2, -0.15) is 0 Å². The van der Waals surface area contributed by atoms with Crippen molar-refractivity contribution in [2.24, 2.45) is 0 Å². The number of carboxylic acids is 1. The number of nitrogens with one attached hydrogen (secondary N) is 1. The maximum atomic E-state index is 12.9.